The van der Waals surface area contributed by atoms with Crippen LogP contribution in [0, 0.1) is 0 Å². The Bertz CT molecular complexity index is 1260. The first-order chi connectivity index (χ1) is 16.4. The Hall–Kier alpha value is -3.23. The van der Waals surface area contributed by atoms with Gasteiger partial charge in [-0.1, -0.05) is 28.9 Å². The number of amides is 1. The van der Waals surface area contributed by atoms with Crippen molar-refractivity contribution in [3.8, 4) is 5.69 Å². The molecule has 0 bridgehead atoms. The number of likely N-dealkylation sites (tertiary alicyclic amines) is 1. The maximum Gasteiger partial charge on any atom is 0.230 e. The summed E-state index contributed by atoms with van der Waals surface area (Å²) in [6, 6.07) is 11.9. The molecule has 0 saturated carbocycles. The number of carbonyl (C=O) groups is 1. The van der Waals surface area contributed by atoms with Crippen molar-refractivity contribution in [2.24, 2.45) is 4.99 Å². The van der Waals surface area contributed by atoms with E-state index < -0.39 is 0 Å². The number of aliphatic imine (C=N–C) groups is 1. The molecule has 176 valence electrons. The van der Waals surface area contributed by atoms with Gasteiger partial charge in [0.2, 0.25) is 5.91 Å². The monoisotopic (exact) mass is 477 g/mol. The van der Waals surface area contributed by atoms with Gasteiger partial charge >= 0.3 is 0 Å². The number of carbonyl (C=O) groups excluding carboxylic acids is 1. The summed E-state index contributed by atoms with van der Waals surface area (Å²) in [5, 5.41) is 12.0. The number of rotatable bonds is 6. The van der Waals surface area contributed by atoms with Crippen LogP contribution in [0.2, 0.25) is 5.02 Å². The molecular formula is C25H28ClN7O. The Morgan fingerprint density at radius 3 is 2.76 bits per heavy atom. The lowest BCUT2D eigenvalue weighted by molar-refractivity contribution is -0.115. The Morgan fingerprint density at radius 1 is 1.21 bits per heavy atom. The topological polar surface area (TPSA) is 78.7 Å². The van der Waals surface area contributed by atoms with E-state index in [1.165, 1.54) is 6.42 Å². The van der Waals surface area contributed by atoms with Gasteiger partial charge < -0.3 is 10.2 Å². The standard InChI is InChI=1S/C25H28ClN7O/c1-16(2)31(3)24-12-23-22(11-20(24)26)29-25(34)13-21(28-23)17-6-4-7-18(10-17)33-19(14-27-30-33)15-32-8-5-9-32/h4,6-7,10-12,14,16H,5,8-9,13,15H2,1-3H3,(H,29,34). The minimum absolute atomic E-state index is 0.122. The molecular weight excluding hydrogens is 450 g/mol. The molecule has 1 amide bonds. The van der Waals surface area contributed by atoms with Gasteiger partial charge in [0.15, 0.2) is 0 Å². The third kappa shape index (κ3) is 4.43. The second kappa shape index (κ2) is 9.19. The highest BCUT2D eigenvalue weighted by Gasteiger charge is 2.22. The van der Waals surface area contributed by atoms with Crippen molar-refractivity contribution < 1.29 is 4.79 Å². The van der Waals surface area contributed by atoms with E-state index in [9.17, 15) is 4.79 Å². The number of aromatic nitrogens is 3. The third-order valence-electron chi connectivity index (χ3n) is 6.46. The molecule has 0 spiro atoms. The number of nitrogens with one attached hydrogen (secondary N) is 1. The second-order valence-corrected chi connectivity index (χ2v) is 9.53. The Morgan fingerprint density at radius 2 is 2.03 bits per heavy atom. The van der Waals surface area contributed by atoms with E-state index in [0.717, 1.165) is 42.3 Å². The third-order valence-corrected chi connectivity index (χ3v) is 6.76. The van der Waals surface area contributed by atoms with E-state index in [1.54, 1.807) is 6.07 Å². The predicted molar refractivity (Wildman–Crippen MR) is 136 cm³/mol. The van der Waals surface area contributed by atoms with Gasteiger partial charge in [0.1, 0.15) is 0 Å². The van der Waals surface area contributed by atoms with E-state index in [2.05, 4.69) is 39.3 Å². The first-order valence-electron chi connectivity index (χ1n) is 11.6. The molecule has 2 aliphatic heterocycles. The van der Waals surface area contributed by atoms with Crippen LogP contribution in [0.1, 0.15) is 37.9 Å². The van der Waals surface area contributed by atoms with Crippen LogP contribution >= 0.6 is 11.6 Å². The van der Waals surface area contributed by atoms with Gasteiger partial charge in [-0.25, -0.2) is 4.68 Å². The van der Waals surface area contributed by atoms with Gasteiger partial charge in [-0.3, -0.25) is 14.7 Å². The van der Waals surface area contributed by atoms with Crippen LogP contribution in [0.5, 0.6) is 0 Å². The smallest absolute Gasteiger partial charge is 0.230 e. The number of hydrogen-bond donors (Lipinski definition) is 1. The van der Waals surface area contributed by atoms with Crippen LogP contribution in [0.4, 0.5) is 17.1 Å². The first-order valence-corrected chi connectivity index (χ1v) is 11.9. The molecule has 0 atom stereocenters. The minimum atomic E-state index is -0.122. The molecule has 8 nitrogen and oxygen atoms in total. The Kier molecular flexibility index (Phi) is 6.10. The minimum Gasteiger partial charge on any atom is -0.371 e. The van der Waals surface area contributed by atoms with Gasteiger partial charge in [0.05, 0.1) is 51.8 Å². The average Bonchev–Trinajstić information content (AvgIpc) is 3.18. The van der Waals surface area contributed by atoms with E-state index >= 15 is 0 Å². The normalized spacial score (nSPS) is 15.9. The molecule has 0 unspecified atom stereocenters. The molecule has 1 N–H and O–H groups in total. The SMILES string of the molecule is CC(C)N(C)c1cc2c(cc1Cl)NC(=O)CC(c1cccc(-n3nncc3CN3CCC3)c1)=N2. The highest BCUT2D eigenvalue weighted by molar-refractivity contribution is 6.34. The van der Waals surface area contributed by atoms with Crippen molar-refractivity contribution in [3.05, 3.63) is 58.9 Å². The lowest BCUT2D eigenvalue weighted by atomic mass is 10.1. The molecule has 1 aromatic heterocycles. The molecule has 0 aliphatic carbocycles. The fourth-order valence-electron chi connectivity index (χ4n) is 4.16. The van der Waals surface area contributed by atoms with E-state index in [0.29, 0.717) is 22.1 Å². The van der Waals surface area contributed by atoms with Crippen LogP contribution in [-0.4, -0.2) is 57.7 Å². The van der Waals surface area contributed by atoms with Gasteiger partial charge in [0, 0.05) is 19.6 Å². The van der Waals surface area contributed by atoms with Crippen molar-refractivity contribution >= 4 is 40.3 Å². The number of nitrogens with zero attached hydrogens (tertiary/aromatic N) is 6. The van der Waals surface area contributed by atoms with E-state index in [4.69, 9.17) is 16.6 Å². The fraction of sp³-hybridized carbons (Fsp3) is 0.360. The molecule has 5 rings (SSSR count). The number of halogens is 1. The van der Waals surface area contributed by atoms with Gasteiger partial charge in [-0.2, -0.15) is 0 Å². The van der Waals surface area contributed by atoms with E-state index in [-0.39, 0.29) is 18.4 Å². The Balaban J connectivity index is 1.52. The predicted octanol–water partition coefficient (Wildman–Crippen LogP) is 4.43. The maximum absolute atomic E-state index is 12.7. The lowest BCUT2D eigenvalue weighted by Gasteiger charge is -2.30. The molecule has 2 aliphatic rings. The number of fused-ring (bicyclic) bond motifs is 1. The fourth-order valence-corrected chi connectivity index (χ4v) is 4.45. The molecule has 1 saturated heterocycles. The van der Waals surface area contributed by atoms with Crippen LogP contribution in [0.3, 0.4) is 0 Å². The second-order valence-electron chi connectivity index (χ2n) is 9.13. The van der Waals surface area contributed by atoms with Crippen molar-refractivity contribution in [2.75, 3.05) is 30.4 Å². The van der Waals surface area contributed by atoms with Gasteiger partial charge in [-0.05, 0) is 63.2 Å². The summed E-state index contributed by atoms with van der Waals surface area (Å²) in [7, 11) is 2.00. The van der Waals surface area contributed by atoms with Crippen molar-refractivity contribution in [3.63, 3.8) is 0 Å². The van der Waals surface area contributed by atoms with Gasteiger partial charge in [-0.15, -0.1) is 5.10 Å². The summed E-state index contributed by atoms with van der Waals surface area (Å²) in [5.41, 5.74) is 5.70. The maximum atomic E-state index is 12.7. The zero-order chi connectivity index (χ0) is 23.8. The van der Waals surface area contributed by atoms with Crippen molar-refractivity contribution in [1.82, 2.24) is 19.9 Å². The summed E-state index contributed by atoms with van der Waals surface area (Å²) >= 11 is 6.54. The van der Waals surface area contributed by atoms with Crippen LogP contribution in [0.25, 0.3) is 5.69 Å². The summed E-state index contributed by atoms with van der Waals surface area (Å²) in [5.74, 6) is -0.122. The van der Waals surface area contributed by atoms with E-state index in [1.807, 2.05) is 48.3 Å². The molecule has 3 aromatic rings. The molecule has 2 aromatic carbocycles. The molecule has 0 radical (unpaired) electrons. The zero-order valence-electron chi connectivity index (χ0n) is 19.6. The average molecular weight is 478 g/mol. The largest absolute Gasteiger partial charge is 0.371 e. The highest BCUT2D eigenvalue weighted by atomic mass is 35.5. The van der Waals surface area contributed by atoms with Crippen LogP contribution in [0.15, 0.2) is 47.6 Å². The molecule has 9 heteroatoms. The van der Waals surface area contributed by atoms with Crippen molar-refractivity contribution in [1.29, 1.82) is 0 Å². The van der Waals surface area contributed by atoms with Gasteiger partial charge in [0.25, 0.3) is 0 Å². The summed E-state index contributed by atoms with van der Waals surface area (Å²) in [4.78, 5) is 22.1. The molecule has 1 fully saturated rings. The highest BCUT2D eigenvalue weighted by Crippen LogP contribution is 2.39. The summed E-state index contributed by atoms with van der Waals surface area (Å²) < 4.78 is 1.86. The lowest BCUT2D eigenvalue weighted by Crippen LogP contribution is -2.36. The first kappa shape index (κ1) is 22.6. The van der Waals surface area contributed by atoms with Crippen LogP contribution in [-0.2, 0) is 11.3 Å². The Labute approximate surface area is 204 Å². The number of anilines is 2. The zero-order valence-corrected chi connectivity index (χ0v) is 20.4. The molecule has 34 heavy (non-hydrogen) atoms. The molecule has 3 heterocycles. The quantitative estimate of drug-likeness (QED) is 0.568. The number of hydrogen-bond acceptors (Lipinski definition) is 6. The number of benzene rings is 2. The summed E-state index contributed by atoms with van der Waals surface area (Å²) in [6.45, 7) is 7.23. The van der Waals surface area contributed by atoms with Crippen molar-refractivity contribution in [2.45, 2.75) is 39.3 Å². The van der Waals surface area contributed by atoms with Crippen LogP contribution < -0.4 is 10.2 Å². The summed E-state index contributed by atoms with van der Waals surface area (Å²) in [6.07, 6.45) is 3.22.